The molecule has 2 rings (SSSR count). The summed E-state index contributed by atoms with van der Waals surface area (Å²) in [5, 5.41) is 15.0. The summed E-state index contributed by atoms with van der Waals surface area (Å²) >= 11 is 6.06. The molecule has 1 fully saturated rings. The van der Waals surface area contributed by atoms with E-state index in [1.807, 2.05) is 18.2 Å². The van der Waals surface area contributed by atoms with Gasteiger partial charge in [0.25, 0.3) is 0 Å². The lowest BCUT2D eigenvalue weighted by atomic mass is 9.77. The summed E-state index contributed by atoms with van der Waals surface area (Å²) in [4.78, 5) is 23.1. The van der Waals surface area contributed by atoms with E-state index in [-0.39, 0.29) is 6.04 Å². The van der Waals surface area contributed by atoms with Crippen molar-refractivity contribution in [1.82, 2.24) is 10.6 Å². The standard InChI is InChI=1S/C14H17ClN2O3/c1-9(10-5-2-3-6-11(10)15)16-13(20)17-14(12(18)19)7-4-8-14/h2-3,5-6,9H,4,7-8H2,1H3,(H,18,19)(H2,16,17,20). The Morgan fingerprint density at radius 2 is 2.00 bits per heavy atom. The van der Waals surface area contributed by atoms with Crippen molar-refractivity contribution in [1.29, 1.82) is 0 Å². The zero-order valence-electron chi connectivity index (χ0n) is 11.1. The molecule has 6 heteroatoms. The lowest BCUT2D eigenvalue weighted by Crippen LogP contribution is -2.61. The SMILES string of the molecule is CC(NC(=O)NC1(C(=O)O)CCC1)c1ccccc1Cl. The molecule has 5 nitrogen and oxygen atoms in total. The topological polar surface area (TPSA) is 78.4 Å². The number of carboxylic acids is 1. The molecule has 1 aromatic carbocycles. The van der Waals surface area contributed by atoms with Crippen molar-refractivity contribution in [2.24, 2.45) is 0 Å². The molecule has 1 atom stereocenters. The van der Waals surface area contributed by atoms with Crippen molar-refractivity contribution in [3.8, 4) is 0 Å². The Labute approximate surface area is 122 Å². The highest BCUT2D eigenvalue weighted by Crippen LogP contribution is 2.32. The smallest absolute Gasteiger partial charge is 0.329 e. The molecule has 1 aliphatic rings. The summed E-state index contributed by atoms with van der Waals surface area (Å²) in [6.07, 6.45) is 1.75. The number of halogens is 1. The zero-order valence-corrected chi connectivity index (χ0v) is 11.9. The number of amides is 2. The first kappa shape index (κ1) is 14.7. The van der Waals surface area contributed by atoms with Crippen LogP contribution in [0.5, 0.6) is 0 Å². The molecule has 1 aliphatic carbocycles. The number of carboxylic acid groups (broad SMARTS) is 1. The molecular formula is C14H17ClN2O3. The second kappa shape index (κ2) is 5.71. The molecular weight excluding hydrogens is 280 g/mol. The summed E-state index contributed by atoms with van der Waals surface area (Å²) in [5.74, 6) is -0.982. The maximum absolute atomic E-state index is 11.9. The van der Waals surface area contributed by atoms with Gasteiger partial charge < -0.3 is 15.7 Å². The summed E-state index contributed by atoms with van der Waals surface area (Å²) in [7, 11) is 0. The van der Waals surface area contributed by atoms with E-state index in [1.54, 1.807) is 13.0 Å². The van der Waals surface area contributed by atoms with E-state index in [0.717, 1.165) is 12.0 Å². The minimum absolute atomic E-state index is 0.297. The highest BCUT2D eigenvalue weighted by molar-refractivity contribution is 6.31. The van der Waals surface area contributed by atoms with Gasteiger partial charge in [-0.2, -0.15) is 0 Å². The molecule has 1 aromatic rings. The van der Waals surface area contributed by atoms with E-state index >= 15 is 0 Å². The molecule has 0 heterocycles. The van der Waals surface area contributed by atoms with Crippen molar-refractivity contribution in [2.45, 2.75) is 37.8 Å². The van der Waals surface area contributed by atoms with E-state index in [4.69, 9.17) is 16.7 Å². The normalized spacial score (nSPS) is 17.7. The number of nitrogens with one attached hydrogen (secondary N) is 2. The summed E-state index contributed by atoms with van der Waals surface area (Å²) in [6.45, 7) is 1.80. The second-order valence-corrected chi connectivity index (χ2v) is 5.49. The van der Waals surface area contributed by atoms with Gasteiger partial charge >= 0.3 is 12.0 Å². The van der Waals surface area contributed by atoms with E-state index in [2.05, 4.69) is 10.6 Å². The molecule has 20 heavy (non-hydrogen) atoms. The predicted octanol–water partition coefficient (Wildman–Crippen LogP) is 2.71. The van der Waals surface area contributed by atoms with E-state index < -0.39 is 17.5 Å². The molecule has 1 unspecified atom stereocenters. The summed E-state index contributed by atoms with van der Waals surface area (Å²) in [6, 6.07) is 6.43. The number of rotatable bonds is 4. The van der Waals surface area contributed by atoms with Crippen LogP contribution in [0.3, 0.4) is 0 Å². The number of carbonyl (C=O) groups is 2. The van der Waals surface area contributed by atoms with E-state index in [1.165, 1.54) is 0 Å². The highest BCUT2D eigenvalue weighted by Gasteiger charge is 2.45. The van der Waals surface area contributed by atoms with Crippen LogP contribution in [0.25, 0.3) is 0 Å². The Morgan fingerprint density at radius 3 is 2.50 bits per heavy atom. The minimum Gasteiger partial charge on any atom is -0.480 e. The molecule has 2 amide bonds. The summed E-state index contributed by atoms with van der Waals surface area (Å²) < 4.78 is 0. The van der Waals surface area contributed by atoms with Crippen molar-refractivity contribution in [2.75, 3.05) is 0 Å². The fourth-order valence-electron chi connectivity index (χ4n) is 2.28. The molecule has 3 N–H and O–H groups in total. The Morgan fingerprint density at radius 1 is 1.35 bits per heavy atom. The van der Waals surface area contributed by atoms with Crippen molar-refractivity contribution >= 4 is 23.6 Å². The zero-order chi connectivity index (χ0) is 14.8. The molecule has 0 bridgehead atoms. The Kier molecular flexibility index (Phi) is 4.18. The van der Waals surface area contributed by atoms with E-state index in [9.17, 15) is 9.59 Å². The fraction of sp³-hybridized carbons (Fsp3) is 0.429. The molecule has 0 radical (unpaired) electrons. The molecule has 108 valence electrons. The van der Waals surface area contributed by atoms with Gasteiger partial charge in [-0.3, -0.25) is 0 Å². The number of hydrogen-bond donors (Lipinski definition) is 3. The number of aliphatic carboxylic acids is 1. The van der Waals surface area contributed by atoms with Crippen LogP contribution >= 0.6 is 11.6 Å². The number of hydrogen-bond acceptors (Lipinski definition) is 2. The van der Waals surface area contributed by atoms with Crippen LogP contribution in [-0.2, 0) is 4.79 Å². The average Bonchev–Trinajstić information content (AvgIpc) is 2.33. The molecule has 0 aromatic heterocycles. The van der Waals surface area contributed by atoms with Gasteiger partial charge in [-0.25, -0.2) is 9.59 Å². The lowest BCUT2D eigenvalue weighted by Gasteiger charge is -2.38. The van der Waals surface area contributed by atoms with Crippen LogP contribution in [0, 0.1) is 0 Å². The molecule has 0 aliphatic heterocycles. The van der Waals surface area contributed by atoms with Crippen LogP contribution < -0.4 is 10.6 Å². The van der Waals surface area contributed by atoms with Crippen LogP contribution in [0.1, 0.15) is 37.8 Å². The van der Waals surface area contributed by atoms with Gasteiger partial charge in [-0.05, 0) is 37.8 Å². The maximum Gasteiger partial charge on any atom is 0.329 e. The van der Waals surface area contributed by atoms with Crippen molar-refractivity contribution in [3.05, 3.63) is 34.9 Å². The van der Waals surface area contributed by atoms with Crippen LogP contribution in [-0.4, -0.2) is 22.6 Å². The van der Waals surface area contributed by atoms with Gasteiger partial charge in [0.05, 0.1) is 6.04 Å². The number of benzene rings is 1. The monoisotopic (exact) mass is 296 g/mol. The molecule has 1 saturated carbocycles. The first-order chi connectivity index (χ1) is 9.44. The predicted molar refractivity (Wildman–Crippen MR) is 75.8 cm³/mol. The third-order valence-corrected chi connectivity index (χ3v) is 4.03. The van der Waals surface area contributed by atoms with Crippen molar-refractivity contribution in [3.63, 3.8) is 0 Å². The van der Waals surface area contributed by atoms with Crippen LogP contribution in [0.15, 0.2) is 24.3 Å². The minimum atomic E-state index is -1.11. The Bertz CT molecular complexity index is 529. The Balaban J connectivity index is 1.98. The van der Waals surface area contributed by atoms with Gasteiger partial charge in [0.2, 0.25) is 0 Å². The van der Waals surface area contributed by atoms with Gasteiger partial charge in [-0.1, -0.05) is 29.8 Å². The maximum atomic E-state index is 11.9. The van der Waals surface area contributed by atoms with Gasteiger partial charge in [0, 0.05) is 5.02 Å². The largest absolute Gasteiger partial charge is 0.480 e. The van der Waals surface area contributed by atoms with Gasteiger partial charge in [-0.15, -0.1) is 0 Å². The lowest BCUT2D eigenvalue weighted by molar-refractivity contribution is -0.148. The molecule has 0 spiro atoms. The molecule has 0 saturated heterocycles. The van der Waals surface area contributed by atoms with Crippen molar-refractivity contribution < 1.29 is 14.7 Å². The second-order valence-electron chi connectivity index (χ2n) is 5.08. The fourth-order valence-corrected chi connectivity index (χ4v) is 2.58. The van der Waals surface area contributed by atoms with Crippen LogP contribution in [0.4, 0.5) is 4.79 Å². The average molecular weight is 297 g/mol. The van der Waals surface area contributed by atoms with Gasteiger partial charge in [0.15, 0.2) is 0 Å². The Hall–Kier alpha value is -1.75. The third-order valence-electron chi connectivity index (χ3n) is 3.69. The van der Waals surface area contributed by atoms with Crippen LogP contribution in [0.2, 0.25) is 5.02 Å². The highest BCUT2D eigenvalue weighted by atomic mass is 35.5. The third kappa shape index (κ3) is 2.88. The quantitative estimate of drug-likeness (QED) is 0.799. The first-order valence-corrected chi connectivity index (χ1v) is 6.89. The summed E-state index contributed by atoms with van der Waals surface area (Å²) in [5.41, 5.74) is -0.313. The number of carbonyl (C=O) groups excluding carboxylic acids is 1. The number of urea groups is 1. The van der Waals surface area contributed by atoms with E-state index in [0.29, 0.717) is 17.9 Å². The first-order valence-electron chi connectivity index (χ1n) is 6.51. The van der Waals surface area contributed by atoms with Gasteiger partial charge in [0.1, 0.15) is 5.54 Å².